The number of carbonyl (C=O) groups is 2. The van der Waals surface area contributed by atoms with Crippen LogP contribution in [-0.4, -0.2) is 29.7 Å². The van der Waals surface area contributed by atoms with Crippen molar-refractivity contribution in [2.75, 3.05) is 18.0 Å². The molecule has 114 valence electrons. The summed E-state index contributed by atoms with van der Waals surface area (Å²) in [6.07, 6.45) is 0.216. The maximum absolute atomic E-state index is 12.1. The number of ketones is 1. The number of nitro groups is 1. The molecule has 9 nitrogen and oxygen atoms in total. The fraction of sp³-hybridized carbons (Fsp3) is 0.385. The Labute approximate surface area is 125 Å². The topological polar surface area (TPSA) is 129 Å². The van der Waals surface area contributed by atoms with E-state index in [0.29, 0.717) is 12.2 Å². The molecule has 0 spiro atoms. The van der Waals surface area contributed by atoms with Gasteiger partial charge in [-0.3, -0.25) is 19.7 Å². The molecule has 1 aromatic carbocycles. The highest BCUT2D eigenvalue weighted by Crippen LogP contribution is 2.31. The highest BCUT2D eigenvalue weighted by atomic mass is 16.6. The second-order valence-corrected chi connectivity index (χ2v) is 5.00. The summed E-state index contributed by atoms with van der Waals surface area (Å²) in [5.41, 5.74) is 8.61. The van der Waals surface area contributed by atoms with Gasteiger partial charge in [-0.2, -0.15) is 0 Å². The van der Waals surface area contributed by atoms with Crippen molar-refractivity contribution in [2.45, 2.75) is 13.3 Å². The van der Waals surface area contributed by atoms with Crippen LogP contribution < -0.4 is 4.90 Å². The van der Waals surface area contributed by atoms with E-state index in [-0.39, 0.29) is 41.8 Å². The zero-order chi connectivity index (χ0) is 16.3. The van der Waals surface area contributed by atoms with Gasteiger partial charge in [0.1, 0.15) is 0 Å². The lowest BCUT2D eigenvalue weighted by atomic mass is 10.1. The Morgan fingerprint density at radius 2 is 2.32 bits per heavy atom. The zero-order valence-electron chi connectivity index (χ0n) is 11.8. The van der Waals surface area contributed by atoms with Crippen molar-refractivity contribution in [1.82, 2.24) is 0 Å². The monoisotopic (exact) mass is 303 g/mol. The summed E-state index contributed by atoms with van der Waals surface area (Å²) in [7, 11) is 0. The van der Waals surface area contributed by atoms with Crippen LogP contribution in [0.15, 0.2) is 23.3 Å². The van der Waals surface area contributed by atoms with Crippen LogP contribution >= 0.6 is 0 Å². The van der Waals surface area contributed by atoms with Gasteiger partial charge in [0, 0.05) is 42.1 Å². The molecule has 0 saturated carbocycles. The number of nitrogens with zero attached hydrogens (tertiary/aromatic N) is 5. The Kier molecular flexibility index (Phi) is 4.38. The van der Waals surface area contributed by atoms with Gasteiger partial charge in [-0.15, -0.1) is 0 Å². The summed E-state index contributed by atoms with van der Waals surface area (Å²) >= 11 is 0. The molecule has 1 aromatic rings. The van der Waals surface area contributed by atoms with E-state index in [1.54, 1.807) is 0 Å². The van der Waals surface area contributed by atoms with E-state index in [1.807, 2.05) is 0 Å². The summed E-state index contributed by atoms with van der Waals surface area (Å²) in [5, 5.41) is 14.3. The summed E-state index contributed by atoms with van der Waals surface area (Å²) in [5.74, 6) is -0.683. The molecule has 2 rings (SSSR count). The number of nitro benzene ring substituents is 1. The molecule has 1 aliphatic rings. The third-order valence-electron chi connectivity index (χ3n) is 3.47. The van der Waals surface area contributed by atoms with Crippen molar-refractivity contribution in [3.05, 3.63) is 44.3 Å². The molecule has 0 radical (unpaired) electrons. The predicted octanol–water partition coefficient (Wildman–Crippen LogP) is 2.46. The average molecular weight is 303 g/mol. The van der Waals surface area contributed by atoms with Crippen LogP contribution in [0.5, 0.6) is 0 Å². The van der Waals surface area contributed by atoms with Crippen LogP contribution in [-0.2, 0) is 4.79 Å². The maximum atomic E-state index is 12.1. The van der Waals surface area contributed by atoms with E-state index in [0.717, 1.165) is 0 Å². The minimum absolute atomic E-state index is 0.126. The number of Topliss-reactive ketones (excluding diaryl/α,β-unsaturated/α-hetero) is 1. The molecule has 1 fully saturated rings. The van der Waals surface area contributed by atoms with Crippen LogP contribution in [0.3, 0.4) is 0 Å². The third kappa shape index (κ3) is 3.04. The second-order valence-electron chi connectivity index (χ2n) is 5.00. The predicted molar refractivity (Wildman–Crippen MR) is 77.6 cm³/mol. The molecule has 1 atom stereocenters. The normalized spacial score (nSPS) is 17.2. The number of anilines is 1. The molecular formula is C13H13N5O4. The first-order chi connectivity index (χ1) is 10.4. The molecule has 1 amide bonds. The van der Waals surface area contributed by atoms with Crippen molar-refractivity contribution in [3.63, 3.8) is 0 Å². The Balaban J connectivity index is 2.35. The van der Waals surface area contributed by atoms with Crippen LogP contribution in [0, 0.1) is 16.0 Å². The number of carbonyl (C=O) groups excluding carboxylic acids is 2. The van der Waals surface area contributed by atoms with Crippen molar-refractivity contribution in [3.8, 4) is 0 Å². The molecule has 0 aromatic heterocycles. The van der Waals surface area contributed by atoms with Gasteiger partial charge in [0.15, 0.2) is 5.78 Å². The van der Waals surface area contributed by atoms with E-state index in [4.69, 9.17) is 5.53 Å². The van der Waals surface area contributed by atoms with E-state index < -0.39 is 4.92 Å². The first kappa shape index (κ1) is 15.5. The molecule has 1 unspecified atom stereocenters. The molecule has 0 N–H and O–H groups in total. The molecule has 1 saturated heterocycles. The SMILES string of the molecule is CC(=O)c1cc([N+](=O)[O-])ccc1N1CC(CN=[N+]=[N-])CC1=O. The van der Waals surface area contributed by atoms with Crippen LogP contribution in [0.1, 0.15) is 23.7 Å². The molecule has 1 heterocycles. The van der Waals surface area contributed by atoms with Gasteiger partial charge in [0.05, 0.1) is 10.6 Å². The minimum Gasteiger partial charge on any atom is -0.311 e. The summed E-state index contributed by atoms with van der Waals surface area (Å²) < 4.78 is 0. The van der Waals surface area contributed by atoms with Crippen LogP contribution in [0.2, 0.25) is 0 Å². The number of hydrogen-bond acceptors (Lipinski definition) is 5. The van der Waals surface area contributed by atoms with Gasteiger partial charge in [0.25, 0.3) is 5.69 Å². The van der Waals surface area contributed by atoms with E-state index >= 15 is 0 Å². The number of rotatable bonds is 5. The van der Waals surface area contributed by atoms with Crippen LogP contribution in [0.25, 0.3) is 10.4 Å². The molecule has 0 aliphatic carbocycles. The largest absolute Gasteiger partial charge is 0.311 e. The first-order valence-electron chi connectivity index (χ1n) is 6.54. The van der Waals surface area contributed by atoms with Crippen molar-refractivity contribution >= 4 is 23.1 Å². The van der Waals surface area contributed by atoms with Gasteiger partial charge < -0.3 is 4.90 Å². The Morgan fingerprint density at radius 3 is 2.91 bits per heavy atom. The fourth-order valence-electron chi connectivity index (χ4n) is 2.44. The number of azide groups is 1. The fourth-order valence-corrected chi connectivity index (χ4v) is 2.44. The zero-order valence-corrected chi connectivity index (χ0v) is 11.8. The molecule has 0 bridgehead atoms. The van der Waals surface area contributed by atoms with Crippen LogP contribution in [0.4, 0.5) is 11.4 Å². The second kappa shape index (κ2) is 6.23. The first-order valence-corrected chi connectivity index (χ1v) is 6.54. The molecule has 1 aliphatic heterocycles. The van der Waals surface area contributed by atoms with Crippen molar-refractivity contribution in [2.24, 2.45) is 11.0 Å². The molecular weight excluding hydrogens is 290 g/mol. The lowest BCUT2D eigenvalue weighted by Gasteiger charge is -2.19. The third-order valence-corrected chi connectivity index (χ3v) is 3.47. The van der Waals surface area contributed by atoms with E-state index in [1.165, 1.54) is 30.0 Å². The number of non-ortho nitro benzene ring substituents is 1. The van der Waals surface area contributed by atoms with Gasteiger partial charge in [-0.1, -0.05) is 5.11 Å². The smallest absolute Gasteiger partial charge is 0.270 e. The van der Waals surface area contributed by atoms with E-state index in [2.05, 4.69) is 10.0 Å². The Bertz CT molecular complexity index is 696. The summed E-state index contributed by atoms with van der Waals surface area (Å²) in [6, 6.07) is 3.84. The lowest BCUT2D eigenvalue weighted by molar-refractivity contribution is -0.384. The van der Waals surface area contributed by atoms with Gasteiger partial charge >= 0.3 is 0 Å². The van der Waals surface area contributed by atoms with Crippen molar-refractivity contribution < 1.29 is 14.5 Å². The number of benzene rings is 1. The Hall–Kier alpha value is -2.93. The van der Waals surface area contributed by atoms with Gasteiger partial charge in [0.2, 0.25) is 5.91 Å². The Morgan fingerprint density at radius 1 is 1.59 bits per heavy atom. The number of hydrogen-bond donors (Lipinski definition) is 0. The quantitative estimate of drug-likeness (QED) is 0.206. The maximum Gasteiger partial charge on any atom is 0.270 e. The highest BCUT2D eigenvalue weighted by molar-refractivity contribution is 6.06. The molecule has 22 heavy (non-hydrogen) atoms. The average Bonchev–Trinajstić information content (AvgIpc) is 2.85. The summed E-state index contributed by atoms with van der Waals surface area (Å²) in [6.45, 7) is 1.80. The van der Waals surface area contributed by atoms with E-state index in [9.17, 15) is 19.7 Å². The standard InChI is InChI=1S/C13H13N5O4/c1-8(19)11-5-10(18(21)22)2-3-12(11)17-7-9(4-13(17)20)6-15-16-14/h2-3,5,9H,4,6-7H2,1H3. The van der Waals surface area contributed by atoms with Crippen molar-refractivity contribution in [1.29, 1.82) is 0 Å². The molecule has 9 heteroatoms. The van der Waals surface area contributed by atoms with Gasteiger partial charge in [-0.05, 0) is 24.4 Å². The summed E-state index contributed by atoms with van der Waals surface area (Å²) in [4.78, 5) is 38.1. The minimum atomic E-state index is -0.591. The lowest BCUT2D eigenvalue weighted by Crippen LogP contribution is -2.26. The van der Waals surface area contributed by atoms with Gasteiger partial charge in [-0.25, -0.2) is 0 Å². The number of amides is 1. The highest BCUT2D eigenvalue weighted by Gasteiger charge is 2.32.